The summed E-state index contributed by atoms with van der Waals surface area (Å²) < 4.78 is 5.58. The van der Waals surface area contributed by atoms with Crippen molar-refractivity contribution in [2.75, 3.05) is 13.2 Å². The number of carbonyl (C=O) groups is 3. The van der Waals surface area contributed by atoms with E-state index in [1.165, 1.54) is 0 Å². The summed E-state index contributed by atoms with van der Waals surface area (Å²) in [5.41, 5.74) is 4.59. The highest BCUT2D eigenvalue weighted by Crippen LogP contribution is 2.44. The van der Waals surface area contributed by atoms with Crippen LogP contribution in [0, 0.1) is 17.8 Å². The number of hydrogen-bond donors (Lipinski definition) is 3. The van der Waals surface area contributed by atoms with Crippen molar-refractivity contribution in [3.8, 4) is 11.1 Å². The molecule has 0 radical (unpaired) electrons. The van der Waals surface area contributed by atoms with Crippen molar-refractivity contribution >= 4 is 18.0 Å². The van der Waals surface area contributed by atoms with Crippen LogP contribution in [0.4, 0.5) is 4.79 Å². The number of rotatable bonds is 9. The van der Waals surface area contributed by atoms with Gasteiger partial charge in [0.15, 0.2) is 0 Å². The molecule has 2 aromatic carbocycles. The Labute approximate surface area is 199 Å². The lowest BCUT2D eigenvalue weighted by atomic mass is 9.75. The molecular formula is C27H32N2O5. The van der Waals surface area contributed by atoms with Crippen LogP contribution in [0.25, 0.3) is 11.1 Å². The van der Waals surface area contributed by atoms with Crippen LogP contribution in [0.3, 0.4) is 0 Å². The number of carboxylic acids is 1. The van der Waals surface area contributed by atoms with Gasteiger partial charge < -0.3 is 20.5 Å². The lowest BCUT2D eigenvalue weighted by molar-refractivity contribution is -0.144. The Bertz CT molecular complexity index is 1020. The first-order chi connectivity index (χ1) is 16.4. The van der Waals surface area contributed by atoms with Gasteiger partial charge in [-0.25, -0.2) is 9.59 Å². The fourth-order valence-corrected chi connectivity index (χ4v) is 4.93. The fourth-order valence-electron chi connectivity index (χ4n) is 4.93. The zero-order valence-corrected chi connectivity index (χ0v) is 19.6. The third-order valence-corrected chi connectivity index (χ3v) is 7.10. The molecule has 2 amide bonds. The molecule has 3 N–H and O–H groups in total. The van der Waals surface area contributed by atoms with E-state index in [9.17, 15) is 19.5 Å². The molecule has 0 heterocycles. The molecule has 0 aromatic heterocycles. The van der Waals surface area contributed by atoms with Crippen LogP contribution in [-0.2, 0) is 14.3 Å². The molecule has 7 nitrogen and oxygen atoms in total. The number of carbonyl (C=O) groups excluding carboxylic acids is 2. The summed E-state index contributed by atoms with van der Waals surface area (Å²) in [4.78, 5) is 36.9. The SMILES string of the molecule is CC(C)[C@@H](NC(=O)C(CNC(=O)OCC1c2ccccc2-c2ccccc21)C1CCC1)C(=O)O. The molecule has 0 bridgehead atoms. The van der Waals surface area contributed by atoms with E-state index in [0.29, 0.717) is 0 Å². The van der Waals surface area contributed by atoms with Gasteiger partial charge in [-0.05, 0) is 46.9 Å². The van der Waals surface area contributed by atoms with Gasteiger partial charge in [-0.1, -0.05) is 68.8 Å². The van der Waals surface area contributed by atoms with Crippen molar-refractivity contribution in [3.05, 3.63) is 59.7 Å². The van der Waals surface area contributed by atoms with Crippen LogP contribution in [0.1, 0.15) is 50.2 Å². The van der Waals surface area contributed by atoms with Gasteiger partial charge >= 0.3 is 12.1 Å². The summed E-state index contributed by atoms with van der Waals surface area (Å²) in [5.74, 6) is -2.00. The minimum absolute atomic E-state index is 0.0359. The number of alkyl carbamates (subject to hydrolysis) is 1. The summed E-state index contributed by atoms with van der Waals surface area (Å²) in [6, 6.07) is 15.3. The number of carboxylic acid groups (broad SMARTS) is 1. The van der Waals surface area contributed by atoms with E-state index < -0.39 is 24.0 Å². The van der Waals surface area contributed by atoms with Crippen molar-refractivity contribution in [1.82, 2.24) is 10.6 Å². The molecule has 2 aromatic rings. The average molecular weight is 465 g/mol. The third kappa shape index (κ3) is 4.93. The van der Waals surface area contributed by atoms with E-state index in [1.807, 2.05) is 24.3 Å². The van der Waals surface area contributed by atoms with Gasteiger partial charge in [-0.3, -0.25) is 4.79 Å². The third-order valence-electron chi connectivity index (χ3n) is 7.10. The molecule has 7 heteroatoms. The molecule has 2 aliphatic carbocycles. The Hall–Kier alpha value is -3.35. The molecule has 2 atom stereocenters. The second kappa shape index (κ2) is 10.3. The number of amides is 2. The summed E-state index contributed by atoms with van der Waals surface area (Å²) >= 11 is 0. The van der Waals surface area contributed by atoms with Crippen molar-refractivity contribution in [2.24, 2.45) is 17.8 Å². The normalized spacial score (nSPS) is 16.7. The van der Waals surface area contributed by atoms with Crippen molar-refractivity contribution < 1.29 is 24.2 Å². The molecule has 1 fully saturated rings. The van der Waals surface area contributed by atoms with Gasteiger partial charge in [0.1, 0.15) is 12.6 Å². The first-order valence-electron chi connectivity index (χ1n) is 12.0. The van der Waals surface area contributed by atoms with E-state index >= 15 is 0 Å². The van der Waals surface area contributed by atoms with E-state index in [1.54, 1.807) is 13.8 Å². The summed E-state index contributed by atoms with van der Waals surface area (Å²) in [7, 11) is 0. The Morgan fingerprint density at radius 2 is 1.59 bits per heavy atom. The van der Waals surface area contributed by atoms with E-state index in [4.69, 9.17) is 4.74 Å². The average Bonchev–Trinajstić information content (AvgIpc) is 3.10. The number of nitrogens with one attached hydrogen (secondary N) is 2. The Morgan fingerprint density at radius 1 is 1.00 bits per heavy atom. The van der Waals surface area contributed by atoms with Gasteiger partial charge in [0.05, 0.1) is 5.92 Å². The number of ether oxygens (including phenoxy) is 1. The van der Waals surface area contributed by atoms with Crippen molar-refractivity contribution in [1.29, 1.82) is 0 Å². The number of fused-ring (bicyclic) bond motifs is 3. The second-order valence-corrected chi connectivity index (χ2v) is 9.57. The minimum Gasteiger partial charge on any atom is -0.480 e. The lowest BCUT2D eigenvalue weighted by Crippen LogP contribution is -2.51. The maximum absolute atomic E-state index is 12.9. The highest BCUT2D eigenvalue weighted by molar-refractivity contribution is 5.86. The highest BCUT2D eigenvalue weighted by atomic mass is 16.5. The molecule has 34 heavy (non-hydrogen) atoms. The molecule has 0 saturated heterocycles. The molecule has 0 spiro atoms. The topological polar surface area (TPSA) is 105 Å². The van der Waals surface area contributed by atoms with Crippen LogP contribution >= 0.6 is 0 Å². The van der Waals surface area contributed by atoms with Crippen LogP contribution in [0.5, 0.6) is 0 Å². The minimum atomic E-state index is -1.06. The largest absolute Gasteiger partial charge is 0.480 e. The fraction of sp³-hybridized carbons (Fsp3) is 0.444. The molecule has 0 aliphatic heterocycles. The molecule has 180 valence electrons. The molecule has 4 rings (SSSR count). The van der Waals surface area contributed by atoms with Crippen molar-refractivity contribution in [2.45, 2.75) is 45.1 Å². The molecule has 1 saturated carbocycles. The number of aliphatic carboxylic acids is 1. The number of benzene rings is 2. The summed E-state index contributed by atoms with van der Waals surface area (Å²) in [5, 5.41) is 14.8. The smallest absolute Gasteiger partial charge is 0.407 e. The van der Waals surface area contributed by atoms with E-state index in [0.717, 1.165) is 41.5 Å². The Kier molecular flexibility index (Phi) is 7.20. The molecule has 1 unspecified atom stereocenters. The Morgan fingerprint density at radius 3 is 2.09 bits per heavy atom. The summed E-state index contributed by atoms with van der Waals surface area (Å²) in [6.45, 7) is 3.84. The quantitative estimate of drug-likeness (QED) is 0.517. The van der Waals surface area contributed by atoms with Crippen LogP contribution in [0.15, 0.2) is 48.5 Å². The van der Waals surface area contributed by atoms with Gasteiger partial charge in [-0.15, -0.1) is 0 Å². The second-order valence-electron chi connectivity index (χ2n) is 9.57. The molecular weight excluding hydrogens is 432 g/mol. The monoisotopic (exact) mass is 464 g/mol. The van der Waals surface area contributed by atoms with Gasteiger partial charge in [-0.2, -0.15) is 0 Å². The number of hydrogen-bond acceptors (Lipinski definition) is 4. The lowest BCUT2D eigenvalue weighted by Gasteiger charge is -2.34. The predicted molar refractivity (Wildman–Crippen MR) is 128 cm³/mol. The maximum atomic E-state index is 12.9. The Balaban J connectivity index is 1.36. The zero-order chi connectivity index (χ0) is 24.2. The van der Waals surface area contributed by atoms with Crippen LogP contribution in [0.2, 0.25) is 0 Å². The highest BCUT2D eigenvalue weighted by Gasteiger charge is 2.36. The molecule has 2 aliphatic rings. The maximum Gasteiger partial charge on any atom is 0.407 e. The van der Waals surface area contributed by atoms with Gasteiger partial charge in [0.25, 0.3) is 0 Å². The first kappa shape index (κ1) is 23.8. The van der Waals surface area contributed by atoms with Gasteiger partial charge in [0.2, 0.25) is 5.91 Å². The van der Waals surface area contributed by atoms with E-state index in [2.05, 4.69) is 34.9 Å². The first-order valence-corrected chi connectivity index (χ1v) is 12.0. The zero-order valence-electron chi connectivity index (χ0n) is 19.6. The van der Waals surface area contributed by atoms with E-state index in [-0.39, 0.29) is 36.8 Å². The predicted octanol–water partition coefficient (Wildman–Crippen LogP) is 4.17. The van der Waals surface area contributed by atoms with Gasteiger partial charge in [0, 0.05) is 12.5 Å². The van der Waals surface area contributed by atoms with Crippen molar-refractivity contribution in [3.63, 3.8) is 0 Å². The van der Waals surface area contributed by atoms with Crippen LogP contribution < -0.4 is 10.6 Å². The summed E-state index contributed by atoms with van der Waals surface area (Å²) in [6.07, 6.45) is 2.25. The standard InChI is InChI=1S/C27H32N2O5/c1-16(2)24(26(31)32)29-25(30)22(17-8-7-9-17)14-28-27(33)34-15-23-20-12-5-3-10-18(20)19-11-4-6-13-21(19)23/h3-6,10-13,16-17,22-24H,7-9,14-15H2,1-2H3,(H,28,33)(H,29,30)(H,31,32)/t22?,24-/m1/s1. The van der Waals surface area contributed by atoms with Crippen LogP contribution in [-0.4, -0.2) is 42.3 Å².